The Kier molecular flexibility index (Phi) is 3.81. The number of anilines is 1. The molecule has 22 heavy (non-hydrogen) atoms. The van der Waals surface area contributed by atoms with E-state index < -0.39 is 31.1 Å². The van der Waals surface area contributed by atoms with E-state index in [1.54, 1.807) is 6.92 Å². The number of nitrogens with zero attached hydrogens (tertiary/aromatic N) is 4. The molecule has 4 N–H and O–H groups in total. The van der Waals surface area contributed by atoms with Crippen molar-refractivity contribution >= 4 is 11.6 Å². The maximum Gasteiger partial charge on any atom is 0.263 e. The Labute approximate surface area is 124 Å². The van der Waals surface area contributed by atoms with Crippen molar-refractivity contribution in [2.75, 3.05) is 18.9 Å². The van der Waals surface area contributed by atoms with Crippen molar-refractivity contribution in [3.63, 3.8) is 0 Å². The smallest absolute Gasteiger partial charge is 0.263 e. The fraction of sp³-hybridized carbons (Fsp3) is 0.583. The van der Waals surface area contributed by atoms with Crippen LogP contribution >= 0.6 is 0 Å². The van der Waals surface area contributed by atoms with Crippen molar-refractivity contribution in [1.82, 2.24) is 19.6 Å². The fourth-order valence-corrected chi connectivity index (χ4v) is 2.43. The number of rotatable bonds is 4. The van der Waals surface area contributed by atoms with Gasteiger partial charge in [0.25, 0.3) is 5.88 Å². The topological polar surface area (TPSA) is 128 Å². The molecule has 2 aromatic heterocycles. The first kappa shape index (κ1) is 14.9. The average molecular weight is 313 g/mol. The summed E-state index contributed by atoms with van der Waals surface area (Å²) in [5.41, 5.74) is 6.15. The van der Waals surface area contributed by atoms with E-state index in [0.717, 1.165) is 0 Å². The summed E-state index contributed by atoms with van der Waals surface area (Å²) < 4.78 is 26.2. The monoisotopic (exact) mass is 313 g/mol. The van der Waals surface area contributed by atoms with Crippen molar-refractivity contribution in [2.24, 2.45) is 0 Å². The highest BCUT2D eigenvalue weighted by atomic mass is 19.1. The molecule has 3 heterocycles. The molecule has 9 nitrogen and oxygen atoms in total. The summed E-state index contributed by atoms with van der Waals surface area (Å²) in [4.78, 5) is 8.03. The predicted molar refractivity (Wildman–Crippen MR) is 72.0 cm³/mol. The third-order valence-corrected chi connectivity index (χ3v) is 3.44. The van der Waals surface area contributed by atoms with E-state index in [-0.39, 0.29) is 23.2 Å². The van der Waals surface area contributed by atoms with Gasteiger partial charge in [0.1, 0.15) is 18.3 Å². The van der Waals surface area contributed by atoms with Crippen LogP contribution in [0.1, 0.15) is 18.7 Å². The number of aliphatic hydroxyl groups is 2. The van der Waals surface area contributed by atoms with Crippen molar-refractivity contribution in [3.8, 4) is 5.88 Å². The summed E-state index contributed by atoms with van der Waals surface area (Å²) in [5.74, 6) is 0.108. The Morgan fingerprint density at radius 3 is 2.95 bits per heavy atom. The van der Waals surface area contributed by atoms with Gasteiger partial charge >= 0.3 is 0 Å². The number of aromatic nitrogens is 4. The van der Waals surface area contributed by atoms with Crippen LogP contribution in [0.3, 0.4) is 0 Å². The third-order valence-electron chi connectivity index (χ3n) is 3.44. The molecule has 0 aliphatic carbocycles. The molecule has 1 fully saturated rings. The molecule has 0 unspecified atom stereocenters. The molecular weight excluding hydrogens is 297 g/mol. The number of ether oxygens (including phenoxy) is 2. The largest absolute Gasteiger partial charge is 0.475 e. The molecular formula is C12H16FN5O4. The lowest BCUT2D eigenvalue weighted by molar-refractivity contribution is -0.0241. The molecule has 3 rings (SSSR count). The summed E-state index contributed by atoms with van der Waals surface area (Å²) in [5, 5.41) is 22.8. The summed E-state index contributed by atoms with van der Waals surface area (Å²) in [6.07, 6.45) is -3.91. The Morgan fingerprint density at radius 2 is 2.32 bits per heavy atom. The molecule has 0 saturated carbocycles. The molecule has 0 radical (unpaired) electrons. The highest BCUT2D eigenvalue weighted by Crippen LogP contribution is 2.36. The van der Waals surface area contributed by atoms with Gasteiger partial charge < -0.3 is 25.4 Å². The highest BCUT2D eigenvalue weighted by Gasteiger charge is 2.46. The van der Waals surface area contributed by atoms with E-state index in [1.807, 2.05) is 0 Å². The molecule has 0 amide bonds. The average Bonchev–Trinajstić information content (AvgIpc) is 3.02. The van der Waals surface area contributed by atoms with Gasteiger partial charge in [0.2, 0.25) is 11.6 Å². The van der Waals surface area contributed by atoms with Crippen LogP contribution in [0.25, 0.3) is 5.65 Å². The van der Waals surface area contributed by atoms with Gasteiger partial charge in [0.05, 0.1) is 25.1 Å². The van der Waals surface area contributed by atoms with E-state index in [2.05, 4.69) is 15.1 Å². The van der Waals surface area contributed by atoms with E-state index in [0.29, 0.717) is 6.61 Å². The summed E-state index contributed by atoms with van der Waals surface area (Å²) in [6, 6.07) is 0. The molecule has 0 spiro atoms. The van der Waals surface area contributed by atoms with E-state index in [4.69, 9.17) is 20.3 Å². The van der Waals surface area contributed by atoms with Gasteiger partial charge in [0, 0.05) is 0 Å². The SMILES string of the molecule is CCOc1nc(N)nn2c([C@@H]3O[C@H](CO)[C@@H](O)[C@H]3F)cnc12. The van der Waals surface area contributed by atoms with Crippen LogP contribution in [0.2, 0.25) is 0 Å². The van der Waals surface area contributed by atoms with Crippen molar-refractivity contribution in [3.05, 3.63) is 11.9 Å². The van der Waals surface area contributed by atoms with Crippen LogP contribution in [0.15, 0.2) is 6.20 Å². The molecule has 1 aliphatic rings. The molecule has 1 aliphatic heterocycles. The minimum Gasteiger partial charge on any atom is -0.475 e. The van der Waals surface area contributed by atoms with Gasteiger partial charge in [-0.1, -0.05) is 0 Å². The number of hydrogen-bond acceptors (Lipinski definition) is 8. The van der Waals surface area contributed by atoms with Crippen molar-refractivity contribution in [2.45, 2.75) is 31.4 Å². The molecule has 0 aromatic carbocycles. The first-order valence-corrected chi connectivity index (χ1v) is 6.79. The first-order chi connectivity index (χ1) is 10.6. The van der Waals surface area contributed by atoms with Crippen LogP contribution in [-0.4, -0.2) is 61.4 Å². The minimum absolute atomic E-state index is 0.0668. The quantitative estimate of drug-likeness (QED) is 0.672. The van der Waals surface area contributed by atoms with Crippen molar-refractivity contribution < 1.29 is 24.1 Å². The lowest BCUT2D eigenvalue weighted by Gasteiger charge is -2.12. The molecule has 0 bridgehead atoms. The second-order valence-corrected chi connectivity index (χ2v) is 4.84. The number of halogens is 1. The van der Waals surface area contributed by atoms with Gasteiger partial charge in [-0.25, -0.2) is 13.9 Å². The van der Waals surface area contributed by atoms with Gasteiger partial charge in [0.15, 0.2) is 6.17 Å². The van der Waals surface area contributed by atoms with E-state index >= 15 is 0 Å². The number of aliphatic hydroxyl groups excluding tert-OH is 2. The molecule has 2 aromatic rings. The maximum absolute atomic E-state index is 14.2. The lowest BCUT2D eigenvalue weighted by atomic mass is 10.1. The lowest BCUT2D eigenvalue weighted by Crippen LogP contribution is -2.30. The van der Waals surface area contributed by atoms with Crippen LogP contribution in [0.5, 0.6) is 5.88 Å². The molecule has 10 heteroatoms. The van der Waals surface area contributed by atoms with Crippen LogP contribution < -0.4 is 10.5 Å². The number of hydrogen-bond donors (Lipinski definition) is 3. The Hall–Kier alpha value is -2.04. The highest BCUT2D eigenvalue weighted by molar-refractivity contribution is 5.51. The zero-order valence-corrected chi connectivity index (χ0v) is 11.8. The summed E-state index contributed by atoms with van der Waals surface area (Å²) in [7, 11) is 0. The third kappa shape index (κ3) is 2.25. The van der Waals surface area contributed by atoms with Gasteiger partial charge in [-0.05, 0) is 6.92 Å². The van der Waals surface area contributed by atoms with E-state index in [9.17, 15) is 9.50 Å². The Balaban J connectivity index is 2.05. The van der Waals surface area contributed by atoms with Crippen LogP contribution in [0, 0.1) is 0 Å². The van der Waals surface area contributed by atoms with Crippen LogP contribution in [0.4, 0.5) is 10.3 Å². The second kappa shape index (κ2) is 5.63. The summed E-state index contributed by atoms with van der Waals surface area (Å²) in [6.45, 7) is 1.64. The predicted octanol–water partition coefficient (Wildman–Crippen LogP) is -0.764. The fourth-order valence-electron chi connectivity index (χ4n) is 2.43. The van der Waals surface area contributed by atoms with Crippen molar-refractivity contribution in [1.29, 1.82) is 0 Å². The van der Waals surface area contributed by atoms with Gasteiger partial charge in [-0.2, -0.15) is 4.98 Å². The Morgan fingerprint density at radius 1 is 1.55 bits per heavy atom. The van der Waals surface area contributed by atoms with E-state index in [1.165, 1.54) is 10.7 Å². The zero-order chi connectivity index (χ0) is 15.9. The van der Waals surface area contributed by atoms with Gasteiger partial charge in [-0.3, -0.25) is 0 Å². The van der Waals surface area contributed by atoms with Gasteiger partial charge in [-0.15, -0.1) is 5.10 Å². The van der Waals surface area contributed by atoms with Crippen LogP contribution in [-0.2, 0) is 4.74 Å². The number of alkyl halides is 1. The standard InChI is InChI=1S/C12H16FN5O4/c1-2-21-11-10-15-3-5(18(10)17-12(14)16-11)9-7(13)8(20)6(4-19)22-9/h3,6-9,19-20H,2,4H2,1H3,(H2,14,17)/t6-,7-,8-,9+/m1/s1. The number of fused-ring (bicyclic) bond motifs is 1. The molecule has 4 atom stereocenters. The maximum atomic E-state index is 14.2. The second-order valence-electron chi connectivity index (χ2n) is 4.84. The zero-order valence-electron chi connectivity index (χ0n) is 11.8. The molecule has 1 saturated heterocycles. The normalized spacial score (nSPS) is 28.4. The number of nitrogen functional groups attached to an aromatic ring is 1. The number of nitrogens with two attached hydrogens (primary N) is 1. The number of imidazole rings is 1. The summed E-state index contributed by atoms with van der Waals surface area (Å²) >= 11 is 0. The molecule has 120 valence electrons. The first-order valence-electron chi connectivity index (χ1n) is 6.79. The Bertz CT molecular complexity index is 681. The minimum atomic E-state index is -1.72.